The number of nitrogens with zero attached hydrogens (tertiary/aromatic N) is 1. The second kappa shape index (κ2) is 4.70. The zero-order valence-electron chi connectivity index (χ0n) is 8.27. The van der Waals surface area contributed by atoms with Crippen LogP contribution in [0.25, 0.3) is 0 Å². The Balaban J connectivity index is 2.29. The van der Waals surface area contributed by atoms with Crippen LogP contribution < -0.4 is 5.32 Å². The first kappa shape index (κ1) is 11.4. The number of aliphatic carboxylic acids is 1. The highest BCUT2D eigenvalue weighted by atomic mass is 16.4. The summed E-state index contributed by atoms with van der Waals surface area (Å²) in [5.41, 5.74) is 0. The van der Waals surface area contributed by atoms with Crippen molar-refractivity contribution in [2.24, 2.45) is 0 Å². The lowest BCUT2D eigenvalue weighted by Gasteiger charge is -2.15. The van der Waals surface area contributed by atoms with Crippen molar-refractivity contribution < 1.29 is 19.5 Å². The molecule has 1 rings (SSSR count). The molecule has 1 aliphatic rings. The number of imide groups is 1. The number of rotatable bonds is 5. The van der Waals surface area contributed by atoms with E-state index in [1.54, 1.807) is 0 Å². The molecule has 2 amide bonds. The Kier molecular flexibility index (Phi) is 3.56. The normalized spacial score (nSPS) is 17.3. The molecule has 1 aliphatic heterocycles. The minimum Gasteiger partial charge on any atom is -0.480 e. The Morgan fingerprint density at radius 3 is 2.47 bits per heavy atom. The van der Waals surface area contributed by atoms with Gasteiger partial charge >= 0.3 is 5.97 Å². The molecule has 1 heterocycles. The summed E-state index contributed by atoms with van der Waals surface area (Å²) >= 11 is 0. The molecule has 0 fully saturated rings. The van der Waals surface area contributed by atoms with Crippen LogP contribution in [0.15, 0.2) is 12.2 Å². The Morgan fingerprint density at radius 2 is 2.00 bits per heavy atom. The third kappa shape index (κ3) is 2.88. The molecule has 6 nitrogen and oxygen atoms in total. The van der Waals surface area contributed by atoms with Gasteiger partial charge in [0.2, 0.25) is 0 Å². The minimum absolute atomic E-state index is 0.183. The Labute approximate surface area is 86.6 Å². The molecule has 0 saturated carbocycles. The van der Waals surface area contributed by atoms with Gasteiger partial charge in [-0.05, 0) is 6.92 Å². The van der Waals surface area contributed by atoms with Crippen molar-refractivity contribution in [3.63, 3.8) is 0 Å². The number of carbonyl (C=O) groups is 3. The summed E-state index contributed by atoms with van der Waals surface area (Å²) in [4.78, 5) is 33.6. The molecule has 6 heteroatoms. The third-order valence-corrected chi connectivity index (χ3v) is 2.06. The van der Waals surface area contributed by atoms with Crippen LogP contribution in [0.3, 0.4) is 0 Å². The molecule has 1 unspecified atom stereocenters. The first-order valence-corrected chi connectivity index (χ1v) is 4.52. The maximum absolute atomic E-state index is 11.1. The van der Waals surface area contributed by atoms with Crippen molar-refractivity contribution in [1.82, 2.24) is 10.2 Å². The maximum atomic E-state index is 11.1. The van der Waals surface area contributed by atoms with Crippen LogP contribution >= 0.6 is 0 Å². The van der Waals surface area contributed by atoms with Crippen LogP contribution in [-0.2, 0) is 14.4 Å². The van der Waals surface area contributed by atoms with Crippen LogP contribution in [0.1, 0.15) is 6.92 Å². The first-order chi connectivity index (χ1) is 7.02. The molecular weight excluding hydrogens is 200 g/mol. The molecule has 0 aliphatic carbocycles. The number of hydrogen-bond donors (Lipinski definition) is 2. The number of carboxylic acids is 1. The zero-order chi connectivity index (χ0) is 11.4. The lowest BCUT2D eigenvalue weighted by atomic mass is 10.3. The average molecular weight is 212 g/mol. The fourth-order valence-electron chi connectivity index (χ4n) is 1.13. The average Bonchev–Trinajstić information content (AvgIpc) is 2.48. The lowest BCUT2D eigenvalue weighted by molar-refractivity contribution is -0.138. The Bertz CT molecular complexity index is 306. The molecule has 0 saturated heterocycles. The fourth-order valence-corrected chi connectivity index (χ4v) is 1.13. The van der Waals surface area contributed by atoms with E-state index in [2.05, 4.69) is 5.32 Å². The van der Waals surface area contributed by atoms with Crippen LogP contribution in [0, 0.1) is 0 Å². The zero-order valence-corrected chi connectivity index (χ0v) is 8.27. The monoisotopic (exact) mass is 212 g/mol. The summed E-state index contributed by atoms with van der Waals surface area (Å²) in [6.07, 6.45) is 2.39. The summed E-state index contributed by atoms with van der Waals surface area (Å²) in [6.45, 7) is 1.95. The van der Waals surface area contributed by atoms with E-state index in [0.29, 0.717) is 0 Å². The van der Waals surface area contributed by atoms with E-state index in [9.17, 15) is 14.4 Å². The van der Waals surface area contributed by atoms with Gasteiger partial charge in [-0.2, -0.15) is 0 Å². The SMILES string of the molecule is CC(NCCN1C(=O)C=CC1=O)C(=O)O. The predicted molar refractivity (Wildman–Crippen MR) is 51.0 cm³/mol. The van der Waals surface area contributed by atoms with Crippen molar-refractivity contribution in [3.8, 4) is 0 Å². The molecule has 1 atom stereocenters. The van der Waals surface area contributed by atoms with Crippen molar-refractivity contribution >= 4 is 17.8 Å². The summed E-state index contributed by atoms with van der Waals surface area (Å²) in [6, 6.07) is -0.689. The van der Waals surface area contributed by atoms with E-state index in [1.807, 2.05) is 0 Å². The second-order valence-electron chi connectivity index (χ2n) is 3.18. The third-order valence-electron chi connectivity index (χ3n) is 2.06. The van der Waals surface area contributed by atoms with E-state index in [4.69, 9.17) is 5.11 Å². The van der Waals surface area contributed by atoms with Crippen LogP contribution in [0.5, 0.6) is 0 Å². The molecule has 0 aromatic carbocycles. The molecule has 0 aromatic heterocycles. The molecule has 0 bridgehead atoms. The first-order valence-electron chi connectivity index (χ1n) is 4.52. The van der Waals surface area contributed by atoms with Gasteiger partial charge in [-0.15, -0.1) is 0 Å². The van der Waals surface area contributed by atoms with E-state index >= 15 is 0 Å². The molecule has 82 valence electrons. The topological polar surface area (TPSA) is 86.7 Å². The van der Waals surface area contributed by atoms with Crippen LogP contribution in [-0.4, -0.2) is 46.9 Å². The van der Waals surface area contributed by atoms with Gasteiger partial charge in [0, 0.05) is 25.2 Å². The summed E-state index contributed by atoms with van der Waals surface area (Å²) in [5, 5.41) is 11.2. The molecule has 15 heavy (non-hydrogen) atoms. The highest BCUT2D eigenvalue weighted by molar-refractivity contribution is 6.12. The van der Waals surface area contributed by atoms with Crippen LogP contribution in [0.4, 0.5) is 0 Å². The van der Waals surface area contributed by atoms with Crippen molar-refractivity contribution in [1.29, 1.82) is 0 Å². The van der Waals surface area contributed by atoms with Gasteiger partial charge in [-0.3, -0.25) is 19.3 Å². The smallest absolute Gasteiger partial charge is 0.320 e. The molecule has 2 N–H and O–H groups in total. The predicted octanol–water partition coefficient (Wildman–Crippen LogP) is -1.03. The number of hydrogen-bond acceptors (Lipinski definition) is 4. The standard InChI is InChI=1S/C9H12N2O4/c1-6(9(14)15)10-4-5-11-7(12)2-3-8(11)13/h2-3,6,10H,4-5H2,1H3,(H,14,15). The van der Waals surface area contributed by atoms with Crippen molar-refractivity contribution in [3.05, 3.63) is 12.2 Å². The number of carboxylic acid groups (broad SMARTS) is 1. The number of amides is 2. The highest BCUT2D eigenvalue weighted by Crippen LogP contribution is 2.01. The highest BCUT2D eigenvalue weighted by Gasteiger charge is 2.22. The van der Waals surface area contributed by atoms with Crippen molar-refractivity contribution in [2.45, 2.75) is 13.0 Å². The minimum atomic E-state index is -0.966. The summed E-state index contributed by atoms with van der Waals surface area (Å²) in [5.74, 6) is -1.68. The molecular formula is C9H12N2O4. The van der Waals surface area contributed by atoms with Gasteiger partial charge < -0.3 is 10.4 Å². The van der Waals surface area contributed by atoms with E-state index in [0.717, 1.165) is 4.90 Å². The van der Waals surface area contributed by atoms with Crippen molar-refractivity contribution in [2.75, 3.05) is 13.1 Å². The largest absolute Gasteiger partial charge is 0.480 e. The van der Waals surface area contributed by atoms with Gasteiger partial charge in [0.1, 0.15) is 6.04 Å². The lowest BCUT2D eigenvalue weighted by Crippen LogP contribution is -2.41. The molecule has 0 aromatic rings. The van der Waals surface area contributed by atoms with E-state index < -0.39 is 12.0 Å². The second-order valence-corrected chi connectivity index (χ2v) is 3.18. The van der Waals surface area contributed by atoms with E-state index in [1.165, 1.54) is 19.1 Å². The molecule has 0 spiro atoms. The van der Waals surface area contributed by atoms with E-state index in [-0.39, 0.29) is 24.9 Å². The maximum Gasteiger partial charge on any atom is 0.320 e. The van der Waals surface area contributed by atoms with Crippen LogP contribution in [0.2, 0.25) is 0 Å². The number of nitrogens with one attached hydrogen (secondary N) is 1. The van der Waals surface area contributed by atoms with Gasteiger partial charge in [-0.1, -0.05) is 0 Å². The van der Waals surface area contributed by atoms with Gasteiger partial charge in [0.25, 0.3) is 11.8 Å². The summed E-state index contributed by atoms with van der Waals surface area (Å²) in [7, 11) is 0. The molecule has 0 radical (unpaired) electrons. The Morgan fingerprint density at radius 1 is 1.47 bits per heavy atom. The van der Waals surface area contributed by atoms with Gasteiger partial charge in [0.05, 0.1) is 0 Å². The van der Waals surface area contributed by atoms with Gasteiger partial charge in [-0.25, -0.2) is 0 Å². The Hall–Kier alpha value is -1.69. The van der Waals surface area contributed by atoms with Gasteiger partial charge in [0.15, 0.2) is 0 Å². The quantitative estimate of drug-likeness (QED) is 0.569. The fraction of sp³-hybridized carbons (Fsp3) is 0.444. The summed E-state index contributed by atoms with van der Waals surface area (Å²) < 4.78 is 0. The number of carbonyl (C=O) groups excluding carboxylic acids is 2.